The Morgan fingerprint density at radius 1 is 1.05 bits per heavy atom. The maximum absolute atomic E-state index is 13.0. The van der Waals surface area contributed by atoms with Gasteiger partial charge in [0.05, 0.1) is 10.5 Å². The highest BCUT2D eigenvalue weighted by atomic mass is 32.2. The largest absolute Gasteiger partial charge is 0.673 e. The van der Waals surface area contributed by atoms with Crippen LogP contribution in [0, 0.1) is 6.92 Å². The monoisotopic (exact) mass is 332 g/mol. The molecule has 0 fully saturated rings. The van der Waals surface area contributed by atoms with E-state index in [9.17, 15) is 30.4 Å². The van der Waals surface area contributed by atoms with E-state index >= 15 is 0 Å². The van der Waals surface area contributed by atoms with E-state index in [4.69, 9.17) is 0 Å². The Bertz CT molecular complexity index is 606. The van der Waals surface area contributed by atoms with Crippen LogP contribution in [0.25, 0.3) is 10.1 Å². The number of fused-ring (bicyclic) bond motifs is 1. The lowest BCUT2D eigenvalue weighted by Crippen LogP contribution is -2.02. The molecule has 1 unspecified atom stereocenters. The van der Waals surface area contributed by atoms with Crippen molar-refractivity contribution in [3.8, 4) is 0 Å². The van der Waals surface area contributed by atoms with E-state index in [0.717, 1.165) is 10.9 Å². The van der Waals surface area contributed by atoms with E-state index in [1.165, 1.54) is 0 Å². The molecule has 0 bridgehead atoms. The second-order valence-corrected chi connectivity index (χ2v) is 6.29. The van der Waals surface area contributed by atoms with Crippen LogP contribution in [0.4, 0.5) is 30.4 Å². The second kappa shape index (κ2) is 6.25. The van der Waals surface area contributed by atoms with Crippen LogP contribution in [0.15, 0.2) is 24.3 Å². The van der Waals surface area contributed by atoms with E-state index in [1.807, 2.05) is 13.0 Å². The fourth-order valence-corrected chi connectivity index (χ4v) is 3.86. The summed E-state index contributed by atoms with van der Waals surface area (Å²) < 4.78 is 78.4. The van der Waals surface area contributed by atoms with Crippen molar-refractivity contribution >= 4 is 27.8 Å². The van der Waals surface area contributed by atoms with E-state index in [0.29, 0.717) is 16.0 Å². The molecule has 0 radical (unpaired) electrons. The van der Waals surface area contributed by atoms with Gasteiger partial charge in [-0.05, 0) is 18.6 Å². The van der Waals surface area contributed by atoms with Crippen LogP contribution >= 0.6 is 10.5 Å². The molecule has 0 aliphatic heterocycles. The lowest BCUT2D eigenvalue weighted by atomic mass is 10.2. The smallest absolute Gasteiger partial charge is 0.418 e. The van der Waals surface area contributed by atoms with Gasteiger partial charge < -0.3 is 17.3 Å². The van der Waals surface area contributed by atoms with Crippen molar-refractivity contribution in [2.75, 3.05) is 0 Å². The molecule has 1 aromatic carbocycles. The Morgan fingerprint density at radius 2 is 1.57 bits per heavy atom. The molecule has 1 heterocycles. The third-order valence-electron chi connectivity index (χ3n) is 2.55. The highest BCUT2D eigenvalue weighted by Crippen LogP contribution is 2.51. The van der Waals surface area contributed by atoms with Crippen LogP contribution in [0.3, 0.4) is 0 Å². The number of hydrogen-bond donors (Lipinski definition) is 0. The number of hydrogen-bond acceptors (Lipinski definition) is 0. The first-order valence-electron chi connectivity index (χ1n) is 5.93. The molecule has 0 amide bonds. The molecule has 0 aliphatic rings. The van der Waals surface area contributed by atoms with Crippen LogP contribution in [0.1, 0.15) is 17.4 Å². The van der Waals surface area contributed by atoms with Crippen molar-refractivity contribution in [1.82, 2.24) is 0 Å². The minimum absolute atomic E-state index is 0.435. The molecule has 1 aromatic heterocycles. The summed E-state index contributed by atoms with van der Waals surface area (Å²) in [5.41, 5.74) is -3.27. The highest BCUT2D eigenvalue weighted by Gasteiger charge is 2.47. The van der Waals surface area contributed by atoms with Crippen molar-refractivity contribution in [3.05, 3.63) is 34.7 Å². The predicted molar refractivity (Wildman–Crippen MR) is 72.0 cm³/mol. The van der Waals surface area contributed by atoms with Crippen LogP contribution in [0.2, 0.25) is 0 Å². The summed E-state index contributed by atoms with van der Waals surface area (Å²) in [6.07, 6.45) is 0.455. The SMILES string of the molecule is CCc1cc2ccc(C)cc2[s+]1C(F)(F)F.F[B-](F)(F)F. The van der Waals surface area contributed by atoms with Gasteiger partial charge in [0.2, 0.25) is 0 Å². The molecule has 0 nitrogen and oxygen atoms in total. The molecular weight excluding hydrogens is 320 g/mol. The normalized spacial score (nSPS) is 13.1. The lowest BCUT2D eigenvalue weighted by molar-refractivity contribution is -0.0867. The van der Waals surface area contributed by atoms with Gasteiger partial charge in [0.1, 0.15) is 0 Å². The quantitative estimate of drug-likeness (QED) is 0.330. The molecule has 21 heavy (non-hydrogen) atoms. The molecule has 0 N–H and O–H groups in total. The zero-order valence-electron chi connectivity index (χ0n) is 11.1. The van der Waals surface area contributed by atoms with Gasteiger partial charge in [-0.15, -0.1) is 13.2 Å². The summed E-state index contributed by atoms with van der Waals surface area (Å²) >= 11 is 0. The lowest BCUT2D eigenvalue weighted by Gasteiger charge is -1.98. The zero-order valence-corrected chi connectivity index (χ0v) is 12.0. The third-order valence-corrected chi connectivity index (χ3v) is 4.73. The number of thiophene rings is 1. The Kier molecular flexibility index (Phi) is 5.30. The Hall–Kier alpha value is -1.25. The van der Waals surface area contributed by atoms with Gasteiger partial charge in [0.15, 0.2) is 9.58 Å². The molecule has 0 saturated carbocycles. The summed E-state index contributed by atoms with van der Waals surface area (Å²) in [6, 6.07) is 6.97. The summed E-state index contributed by atoms with van der Waals surface area (Å²) in [5.74, 6) is 0. The van der Waals surface area contributed by atoms with E-state index in [-0.39, 0.29) is 0 Å². The van der Waals surface area contributed by atoms with Gasteiger partial charge in [0.25, 0.3) is 0 Å². The van der Waals surface area contributed by atoms with Crippen LogP contribution < -0.4 is 0 Å². The average molecular weight is 332 g/mol. The molecule has 2 rings (SSSR count). The van der Waals surface area contributed by atoms with Crippen LogP contribution in [-0.2, 0) is 11.9 Å². The average Bonchev–Trinajstić information content (AvgIpc) is 2.63. The van der Waals surface area contributed by atoms with Crippen molar-refractivity contribution in [2.24, 2.45) is 0 Å². The van der Waals surface area contributed by atoms with Gasteiger partial charge in [0, 0.05) is 23.9 Å². The van der Waals surface area contributed by atoms with Crippen molar-refractivity contribution < 1.29 is 30.4 Å². The number of benzene rings is 1. The van der Waals surface area contributed by atoms with Gasteiger partial charge >= 0.3 is 12.8 Å². The molecule has 0 aliphatic carbocycles. The predicted octanol–water partition coefficient (Wildman–Crippen LogP) is 6.24. The molecule has 0 saturated heterocycles. The van der Waals surface area contributed by atoms with Gasteiger partial charge in [-0.2, -0.15) is 0 Å². The number of halogens is 7. The summed E-state index contributed by atoms with van der Waals surface area (Å²) in [5, 5.41) is 0.725. The van der Waals surface area contributed by atoms with Gasteiger partial charge in [-0.1, -0.05) is 13.0 Å². The fraction of sp³-hybridized carbons (Fsp3) is 0.333. The van der Waals surface area contributed by atoms with Crippen molar-refractivity contribution in [3.63, 3.8) is 0 Å². The van der Waals surface area contributed by atoms with Crippen LogP contribution in [-0.4, -0.2) is 7.25 Å². The van der Waals surface area contributed by atoms with E-state index in [2.05, 4.69) is 0 Å². The Morgan fingerprint density at radius 3 is 2.00 bits per heavy atom. The van der Waals surface area contributed by atoms with Gasteiger partial charge in [-0.3, -0.25) is 0 Å². The van der Waals surface area contributed by atoms with E-state index in [1.54, 1.807) is 25.1 Å². The molecule has 2 aromatic rings. The molecular formula is C12H12BF7S. The van der Waals surface area contributed by atoms with Gasteiger partial charge in [-0.25, -0.2) is 0 Å². The molecule has 1 atom stereocenters. The first-order valence-corrected chi connectivity index (χ1v) is 7.15. The Balaban J connectivity index is 0.000000383. The summed E-state index contributed by atoms with van der Waals surface area (Å²) in [6.45, 7) is 3.60. The highest BCUT2D eigenvalue weighted by molar-refractivity contribution is 7.38. The number of alkyl halides is 3. The van der Waals surface area contributed by atoms with Crippen LogP contribution in [0.5, 0.6) is 0 Å². The van der Waals surface area contributed by atoms with Crippen molar-refractivity contribution in [2.45, 2.75) is 25.8 Å². The van der Waals surface area contributed by atoms with E-state index < -0.39 is 23.2 Å². The standard InChI is InChI=1S/C12H12F3S.BF4/c1-3-10-7-9-5-4-8(2)6-11(9)16(10)12(13,14)15;2-1(3,4)5/h4-7H,3H2,1-2H3;/q+1;-1. The molecule has 118 valence electrons. The summed E-state index contributed by atoms with van der Waals surface area (Å²) in [4.78, 5) is 0.494. The van der Waals surface area contributed by atoms with Crippen molar-refractivity contribution in [1.29, 1.82) is 0 Å². The maximum Gasteiger partial charge on any atom is 0.673 e. The first-order chi connectivity index (χ1) is 9.43. The Labute approximate surface area is 119 Å². The molecule has 9 heteroatoms. The minimum Gasteiger partial charge on any atom is -0.418 e. The number of rotatable bonds is 1. The first kappa shape index (κ1) is 17.8. The number of aryl methyl sites for hydroxylation is 2. The summed E-state index contributed by atoms with van der Waals surface area (Å²) in [7, 11) is -7.71. The minimum atomic E-state index is -6.00. The topological polar surface area (TPSA) is 0 Å². The third kappa shape index (κ3) is 5.22. The molecule has 0 spiro atoms. The fourth-order valence-electron chi connectivity index (χ4n) is 1.83. The maximum atomic E-state index is 13.0. The zero-order chi connectivity index (χ0) is 16.4. The second-order valence-electron chi connectivity index (χ2n) is 4.25.